The van der Waals surface area contributed by atoms with Gasteiger partial charge >= 0.3 is 0 Å². The summed E-state index contributed by atoms with van der Waals surface area (Å²) in [5.41, 5.74) is 0. The molecule has 0 atom stereocenters. The Kier molecular flexibility index (Phi) is 3.28. The van der Waals surface area contributed by atoms with Crippen molar-refractivity contribution in [1.82, 2.24) is 9.80 Å². The lowest BCUT2D eigenvalue weighted by atomic mass is 10.0. The maximum atomic E-state index is 11.0. The third-order valence-electron chi connectivity index (χ3n) is 2.65. The second-order valence-corrected chi connectivity index (χ2v) is 3.51. The number of amides is 2. The Hall–Kier alpha value is -1.06. The zero-order valence-electron chi connectivity index (χ0n) is 8.19. The fraction of sp³-hybridized carbons (Fsp3) is 0.778. The number of rotatable bonds is 2. The summed E-state index contributed by atoms with van der Waals surface area (Å²) >= 11 is 0. The van der Waals surface area contributed by atoms with Crippen LogP contribution in [-0.4, -0.2) is 48.3 Å². The van der Waals surface area contributed by atoms with Crippen molar-refractivity contribution in [2.75, 3.05) is 20.1 Å². The molecular weight excluding hydrogens is 168 g/mol. The number of hydrogen-bond acceptors (Lipinski definition) is 2. The van der Waals surface area contributed by atoms with E-state index in [-0.39, 0.29) is 5.91 Å². The molecule has 4 nitrogen and oxygen atoms in total. The van der Waals surface area contributed by atoms with Gasteiger partial charge < -0.3 is 9.80 Å². The molecule has 1 aliphatic heterocycles. The van der Waals surface area contributed by atoms with Crippen LogP contribution in [0.15, 0.2) is 0 Å². The molecule has 0 aliphatic carbocycles. The Morgan fingerprint density at radius 2 is 2.00 bits per heavy atom. The normalized spacial score (nSPS) is 18.5. The number of carbonyl (C=O) groups excluding carboxylic acids is 2. The second kappa shape index (κ2) is 4.25. The monoisotopic (exact) mass is 184 g/mol. The summed E-state index contributed by atoms with van der Waals surface area (Å²) in [6, 6.07) is 0.313. The molecule has 1 saturated heterocycles. The van der Waals surface area contributed by atoms with Crippen molar-refractivity contribution in [3.05, 3.63) is 0 Å². The SMILES string of the molecule is CC(=O)N1CCC(N(C)C=O)CC1. The average Bonchev–Trinajstić information content (AvgIpc) is 2.17. The molecule has 1 fully saturated rings. The summed E-state index contributed by atoms with van der Waals surface area (Å²) in [5, 5.41) is 0. The lowest BCUT2D eigenvalue weighted by Crippen LogP contribution is -2.44. The number of likely N-dealkylation sites (tertiary alicyclic amines) is 1. The maximum Gasteiger partial charge on any atom is 0.219 e. The molecule has 1 rings (SSSR count). The van der Waals surface area contributed by atoms with E-state index in [1.807, 2.05) is 4.90 Å². The molecule has 2 amide bonds. The molecule has 0 spiro atoms. The van der Waals surface area contributed by atoms with Crippen molar-refractivity contribution in [2.24, 2.45) is 0 Å². The van der Waals surface area contributed by atoms with E-state index in [9.17, 15) is 9.59 Å². The maximum absolute atomic E-state index is 11.0. The molecule has 1 heterocycles. The van der Waals surface area contributed by atoms with Gasteiger partial charge in [-0.2, -0.15) is 0 Å². The van der Waals surface area contributed by atoms with E-state index < -0.39 is 0 Å². The van der Waals surface area contributed by atoms with E-state index in [2.05, 4.69) is 0 Å². The van der Waals surface area contributed by atoms with Gasteiger partial charge in [-0.05, 0) is 12.8 Å². The summed E-state index contributed by atoms with van der Waals surface area (Å²) in [6.07, 6.45) is 2.65. The molecule has 0 bridgehead atoms. The van der Waals surface area contributed by atoms with Crippen LogP contribution in [0.25, 0.3) is 0 Å². The van der Waals surface area contributed by atoms with E-state index in [4.69, 9.17) is 0 Å². The largest absolute Gasteiger partial charge is 0.345 e. The molecule has 0 aromatic rings. The highest BCUT2D eigenvalue weighted by molar-refractivity contribution is 5.73. The summed E-state index contributed by atoms with van der Waals surface area (Å²) in [5.74, 6) is 0.132. The van der Waals surface area contributed by atoms with Crippen LogP contribution in [-0.2, 0) is 9.59 Å². The van der Waals surface area contributed by atoms with Gasteiger partial charge in [0.25, 0.3) is 0 Å². The Morgan fingerprint density at radius 3 is 2.38 bits per heavy atom. The van der Waals surface area contributed by atoms with E-state index >= 15 is 0 Å². The third-order valence-corrected chi connectivity index (χ3v) is 2.65. The molecule has 0 aromatic carbocycles. The van der Waals surface area contributed by atoms with Crippen LogP contribution in [0.2, 0.25) is 0 Å². The first-order valence-electron chi connectivity index (χ1n) is 4.58. The minimum Gasteiger partial charge on any atom is -0.345 e. The van der Waals surface area contributed by atoms with Crippen LogP contribution in [0.3, 0.4) is 0 Å². The fourth-order valence-corrected chi connectivity index (χ4v) is 1.67. The molecule has 0 N–H and O–H groups in total. The number of piperidine rings is 1. The van der Waals surface area contributed by atoms with Crippen LogP contribution in [0.5, 0.6) is 0 Å². The minimum absolute atomic E-state index is 0.132. The van der Waals surface area contributed by atoms with Gasteiger partial charge in [0.05, 0.1) is 0 Å². The van der Waals surface area contributed by atoms with E-state index in [0.29, 0.717) is 6.04 Å². The third kappa shape index (κ3) is 2.44. The first-order chi connectivity index (χ1) is 6.15. The van der Waals surface area contributed by atoms with Crippen molar-refractivity contribution in [2.45, 2.75) is 25.8 Å². The van der Waals surface area contributed by atoms with Crippen molar-refractivity contribution < 1.29 is 9.59 Å². The standard InChI is InChI=1S/C9H16N2O2/c1-8(13)11-5-3-9(4-6-11)10(2)7-12/h7,9H,3-6H2,1-2H3. The molecule has 13 heavy (non-hydrogen) atoms. The quantitative estimate of drug-likeness (QED) is 0.570. The summed E-state index contributed by atoms with van der Waals surface area (Å²) in [7, 11) is 1.79. The predicted octanol–water partition coefficient (Wildman–Crippen LogP) is 0.0855. The first kappa shape index (κ1) is 10.0. The summed E-state index contributed by atoms with van der Waals surface area (Å²) < 4.78 is 0. The number of nitrogens with zero attached hydrogens (tertiary/aromatic N) is 2. The van der Waals surface area contributed by atoms with Gasteiger partial charge in [-0.1, -0.05) is 0 Å². The van der Waals surface area contributed by atoms with Crippen molar-refractivity contribution in [3.8, 4) is 0 Å². The van der Waals surface area contributed by atoms with Gasteiger partial charge in [0.2, 0.25) is 12.3 Å². The lowest BCUT2D eigenvalue weighted by Gasteiger charge is -2.34. The highest BCUT2D eigenvalue weighted by Crippen LogP contribution is 2.13. The van der Waals surface area contributed by atoms with E-state index in [1.54, 1.807) is 18.9 Å². The fourth-order valence-electron chi connectivity index (χ4n) is 1.67. The molecule has 0 radical (unpaired) electrons. The Balaban J connectivity index is 2.38. The van der Waals surface area contributed by atoms with Crippen LogP contribution >= 0.6 is 0 Å². The van der Waals surface area contributed by atoms with Gasteiger partial charge in [0.1, 0.15) is 0 Å². The predicted molar refractivity (Wildman–Crippen MR) is 49.1 cm³/mol. The summed E-state index contributed by atoms with van der Waals surface area (Å²) in [4.78, 5) is 25.0. The second-order valence-electron chi connectivity index (χ2n) is 3.51. The Labute approximate surface area is 78.5 Å². The topological polar surface area (TPSA) is 40.6 Å². The van der Waals surface area contributed by atoms with Crippen molar-refractivity contribution >= 4 is 12.3 Å². The molecule has 0 saturated carbocycles. The van der Waals surface area contributed by atoms with Crippen LogP contribution < -0.4 is 0 Å². The molecule has 74 valence electrons. The minimum atomic E-state index is 0.132. The highest BCUT2D eigenvalue weighted by atomic mass is 16.2. The average molecular weight is 184 g/mol. The van der Waals surface area contributed by atoms with E-state index in [0.717, 1.165) is 32.3 Å². The first-order valence-corrected chi connectivity index (χ1v) is 4.58. The van der Waals surface area contributed by atoms with Crippen LogP contribution in [0.1, 0.15) is 19.8 Å². The van der Waals surface area contributed by atoms with E-state index in [1.165, 1.54) is 0 Å². The molecule has 4 heteroatoms. The molecular formula is C9H16N2O2. The van der Waals surface area contributed by atoms with Gasteiger partial charge in [0.15, 0.2) is 0 Å². The zero-order chi connectivity index (χ0) is 9.84. The number of hydrogen-bond donors (Lipinski definition) is 0. The zero-order valence-corrected chi connectivity index (χ0v) is 8.19. The van der Waals surface area contributed by atoms with Crippen LogP contribution in [0, 0.1) is 0 Å². The number of carbonyl (C=O) groups is 2. The molecule has 1 aliphatic rings. The Morgan fingerprint density at radius 1 is 1.46 bits per heavy atom. The molecule has 0 unspecified atom stereocenters. The highest BCUT2D eigenvalue weighted by Gasteiger charge is 2.22. The van der Waals surface area contributed by atoms with Gasteiger partial charge in [-0.3, -0.25) is 9.59 Å². The van der Waals surface area contributed by atoms with Gasteiger partial charge in [0, 0.05) is 33.1 Å². The van der Waals surface area contributed by atoms with Crippen molar-refractivity contribution in [1.29, 1.82) is 0 Å². The molecule has 0 aromatic heterocycles. The Bertz CT molecular complexity index is 198. The van der Waals surface area contributed by atoms with Crippen molar-refractivity contribution in [3.63, 3.8) is 0 Å². The van der Waals surface area contributed by atoms with Gasteiger partial charge in [-0.15, -0.1) is 0 Å². The summed E-state index contributed by atoms with van der Waals surface area (Å²) in [6.45, 7) is 3.14. The van der Waals surface area contributed by atoms with Crippen LogP contribution in [0.4, 0.5) is 0 Å². The smallest absolute Gasteiger partial charge is 0.219 e. The van der Waals surface area contributed by atoms with Gasteiger partial charge in [-0.25, -0.2) is 0 Å². The lowest BCUT2D eigenvalue weighted by molar-refractivity contribution is -0.130.